The average molecular weight is 241 g/mol. The number of rotatable bonds is 3. The van der Waals surface area contributed by atoms with Crippen molar-refractivity contribution < 1.29 is 14.3 Å². The Morgan fingerprint density at radius 1 is 1.24 bits per heavy atom. The number of ether oxygens (including phenoxy) is 2. The summed E-state index contributed by atoms with van der Waals surface area (Å²) in [7, 11) is 0. The lowest BCUT2D eigenvalue weighted by Crippen LogP contribution is -2.49. The second-order valence-electron chi connectivity index (χ2n) is 4.85. The van der Waals surface area contributed by atoms with Crippen LogP contribution >= 0.6 is 0 Å². The molecule has 17 heavy (non-hydrogen) atoms. The van der Waals surface area contributed by atoms with Gasteiger partial charge in [0.2, 0.25) is 0 Å². The van der Waals surface area contributed by atoms with E-state index in [1.54, 1.807) is 0 Å². The fourth-order valence-corrected chi connectivity index (χ4v) is 2.80. The second-order valence-corrected chi connectivity index (χ2v) is 4.85. The van der Waals surface area contributed by atoms with Crippen molar-refractivity contribution in [3.05, 3.63) is 0 Å². The van der Waals surface area contributed by atoms with E-state index in [4.69, 9.17) is 9.47 Å². The molecule has 2 rings (SSSR count). The van der Waals surface area contributed by atoms with Crippen molar-refractivity contribution in [2.24, 2.45) is 0 Å². The number of hydrogen-bond acceptors (Lipinski definition) is 3. The molecule has 1 atom stereocenters. The zero-order valence-electron chi connectivity index (χ0n) is 10.7. The van der Waals surface area contributed by atoms with E-state index in [1.165, 1.54) is 19.3 Å². The Morgan fingerprint density at radius 3 is 2.59 bits per heavy atom. The lowest BCUT2D eigenvalue weighted by atomic mass is 9.94. The van der Waals surface area contributed by atoms with Gasteiger partial charge in [0.05, 0.1) is 19.8 Å². The lowest BCUT2D eigenvalue weighted by molar-refractivity contribution is -0.160. The van der Waals surface area contributed by atoms with E-state index < -0.39 is 0 Å². The van der Waals surface area contributed by atoms with Crippen molar-refractivity contribution in [2.75, 3.05) is 26.4 Å². The Morgan fingerprint density at radius 2 is 2.00 bits per heavy atom. The molecule has 98 valence electrons. The molecule has 1 aliphatic heterocycles. The maximum atomic E-state index is 12.3. The molecule has 4 nitrogen and oxygen atoms in total. The molecule has 1 heterocycles. The highest BCUT2D eigenvalue weighted by Gasteiger charge is 2.31. The monoisotopic (exact) mass is 241 g/mol. The largest absolute Gasteiger partial charge is 0.376 e. The van der Waals surface area contributed by atoms with Gasteiger partial charge in [-0.15, -0.1) is 0 Å². The van der Waals surface area contributed by atoms with Crippen molar-refractivity contribution in [2.45, 2.75) is 51.2 Å². The van der Waals surface area contributed by atoms with Crippen molar-refractivity contribution in [1.29, 1.82) is 0 Å². The van der Waals surface area contributed by atoms with E-state index in [0.717, 1.165) is 19.4 Å². The molecule has 4 heteroatoms. The summed E-state index contributed by atoms with van der Waals surface area (Å²) in [6.45, 7) is 4.40. The first-order chi connectivity index (χ1) is 8.33. The number of hydrogen-bond donors (Lipinski definition) is 0. The standard InChI is InChI=1S/C13H23NO3/c1-2-14(11-6-4-3-5-7-11)13(15)12-10-16-8-9-17-12/h11-12H,2-10H2,1H3/t12-/m0/s1. The molecule has 2 fully saturated rings. The van der Waals surface area contributed by atoms with Gasteiger partial charge in [-0.2, -0.15) is 0 Å². The van der Waals surface area contributed by atoms with Crippen LogP contribution in [0.5, 0.6) is 0 Å². The molecule has 1 aliphatic carbocycles. The lowest BCUT2D eigenvalue weighted by Gasteiger charge is -2.36. The summed E-state index contributed by atoms with van der Waals surface area (Å²) >= 11 is 0. The molecule has 0 radical (unpaired) electrons. The summed E-state index contributed by atoms with van der Waals surface area (Å²) in [5, 5.41) is 0. The van der Waals surface area contributed by atoms with Gasteiger partial charge in [-0.3, -0.25) is 4.79 Å². The molecular formula is C13H23NO3. The predicted molar refractivity (Wildman–Crippen MR) is 64.8 cm³/mol. The van der Waals surface area contributed by atoms with Crippen LogP contribution in [0.4, 0.5) is 0 Å². The van der Waals surface area contributed by atoms with Crippen LogP contribution in [-0.4, -0.2) is 49.3 Å². The number of carbonyl (C=O) groups excluding carboxylic acids is 1. The predicted octanol–water partition coefficient (Wildman–Crippen LogP) is 1.58. The van der Waals surface area contributed by atoms with Crippen LogP contribution in [0, 0.1) is 0 Å². The van der Waals surface area contributed by atoms with E-state index in [1.807, 2.05) is 4.90 Å². The number of nitrogens with zero attached hydrogens (tertiary/aromatic N) is 1. The highest BCUT2D eigenvalue weighted by molar-refractivity contribution is 5.81. The smallest absolute Gasteiger partial charge is 0.254 e. The first-order valence-corrected chi connectivity index (χ1v) is 6.82. The molecule has 1 saturated heterocycles. The van der Waals surface area contributed by atoms with Crippen LogP contribution in [-0.2, 0) is 14.3 Å². The third-order valence-electron chi connectivity index (χ3n) is 3.73. The Kier molecular flexibility index (Phi) is 4.80. The van der Waals surface area contributed by atoms with Crippen LogP contribution in [0.1, 0.15) is 39.0 Å². The molecule has 0 spiro atoms. The van der Waals surface area contributed by atoms with Gasteiger partial charge in [-0.25, -0.2) is 0 Å². The minimum Gasteiger partial charge on any atom is -0.376 e. The van der Waals surface area contributed by atoms with Gasteiger partial charge >= 0.3 is 0 Å². The Bertz CT molecular complexity index is 245. The summed E-state index contributed by atoms with van der Waals surface area (Å²) < 4.78 is 10.8. The Hall–Kier alpha value is -0.610. The van der Waals surface area contributed by atoms with Gasteiger partial charge in [-0.05, 0) is 19.8 Å². The van der Waals surface area contributed by atoms with Crippen molar-refractivity contribution in [3.8, 4) is 0 Å². The highest BCUT2D eigenvalue weighted by Crippen LogP contribution is 2.23. The zero-order chi connectivity index (χ0) is 12.1. The first kappa shape index (κ1) is 12.8. The Labute approximate surface area is 103 Å². The molecular weight excluding hydrogens is 218 g/mol. The van der Waals surface area contributed by atoms with Gasteiger partial charge in [-0.1, -0.05) is 19.3 Å². The maximum Gasteiger partial charge on any atom is 0.254 e. The zero-order valence-corrected chi connectivity index (χ0v) is 10.7. The number of carbonyl (C=O) groups is 1. The maximum absolute atomic E-state index is 12.3. The van der Waals surface area contributed by atoms with Crippen molar-refractivity contribution in [3.63, 3.8) is 0 Å². The third kappa shape index (κ3) is 3.19. The number of likely N-dealkylation sites (N-methyl/N-ethyl adjacent to an activating group) is 1. The van der Waals surface area contributed by atoms with E-state index in [-0.39, 0.29) is 12.0 Å². The van der Waals surface area contributed by atoms with Crippen LogP contribution in [0.3, 0.4) is 0 Å². The molecule has 1 amide bonds. The molecule has 0 unspecified atom stereocenters. The quantitative estimate of drug-likeness (QED) is 0.753. The van der Waals surface area contributed by atoms with E-state index in [9.17, 15) is 4.79 Å². The fourth-order valence-electron chi connectivity index (χ4n) is 2.80. The van der Waals surface area contributed by atoms with Crippen LogP contribution < -0.4 is 0 Å². The molecule has 0 N–H and O–H groups in total. The molecule has 0 aromatic heterocycles. The summed E-state index contributed by atoms with van der Waals surface area (Å²) in [6.07, 6.45) is 5.73. The van der Waals surface area contributed by atoms with E-state index in [2.05, 4.69) is 6.92 Å². The average Bonchev–Trinajstić information content (AvgIpc) is 2.42. The summed E-state index contributed by atoms with van der Waals surface area (Å²) in [6, 6.07) is 0.423. The summed E-state index contributed by atoms with van der Waals surface area (Å²) in [5.74, 6) is 0.124. The van der Waals surface area contributed by atoms with Crippen LogP contribution in [0.15, 0.2) is 0 Å². The van der Waals surface area contributed by atoms with Gasteiger partial charge < -0.3 is 14.4 Å². The Balaban J connectivity index is 1.93. The first-order valence-electron chi connectivity index (χ1n) is 6.82. The van der Waals surface area contributed by atoms with Gasteiger partial charge in [0.25, 0.3) is 5.91 Å². The highest BCUT2D eigenvalue weighted by atomic mass is 16.6. The summed E-state index contributed by atoms with van der Waals surface area (Å²) in [4.78, 5) is 14.3. The minimum atomic E-state index is -0.370. The minimum absolute atomic E-state index is 0.124. The normalized spacial score (nSPS) is 26.8. The molecule has 0 aromatic rings. The number of amides is 1. The second kappa shape index (κ2) is 6.36. The van der Waals surface area contributed by atoms with Gasteiger partial charge in [0, 0.05) is 12.6 Å². The van der Waals surface area contributed by atoms with Crippen molar-refractivity contribution >= 4 is 5.91 Å². The summed E-state index contributed by atoms with van der Waals surface area (Å²) in [5.41, 5.74) is 0. The van der Waals surface area contributed by atoms with Crippen molar-refractivity contribution in [1.82, 2.24) is 4.90 Å². The van der Waals surface area contributed by atoms with E-state index in [0.29, 0.717) is 25.9 Å². The topological polar surface area (TPSA) is 38.8 Å². The third-order valence-corrected chi connectivity index (χ3v) is 3.73. The molecule has 2 aliphatic rings. The molecule has 0 aromatic carbocycles. The van der Waals surface area contributed by atoms with Gasteiger partial charge in [0.15, 0.2) is 6.10 Å². The van der Waals surface area contributed by atoms with Crippen LogP contribution in [0.25, 0.3) is 0 Å². The SMILES string of the molecule is CCN(C(=O)[C@@H]1COCCO1)C1CCCCC1. The van der Waals surface area contributed by atoms with Gasteiger partial charge in [0.1, 0.15) is 0 Å². The van der Waals surface area contributed by atoms with Crippen LogP contribution in [0.2, 0.25) is 0 Å². The van der Waals surface area contributed by atoms with E-state index >= 15 is 0 Å². The molecule has 1 saturated carbocycles. The molecule has 0 bridgehead atoms. The fraction of sp³-hybridized carbons (Fsp3) is 0.923.